The van der Waals surface area contributed by atoms with Crippen LogP contribution >= 0.6 is 0 Å². The maximum atomic E-state index is 12.8. The molecule has 0 saturated carbocycles. The topological polar surface area (TPSA) is 57.2 Å². The minimum atomic E-state index is -0.282. The van der Waals surface area contributed by atoms with E-state index in [1.165, 1.54) is 5.57 Å². The maximum Gasteiger partial charge on any atom is 0.411 e. The number of hydrogen-bond acceptors (Lipinski definition) is 5. The summed E-state index contributed by atoms with van der Waals surface area (Å²) in [4.78, 5) is 14.6. The third-order valence-electron chi connectivity index (χ3n) is 5.53. The molecule has 30 heavy (non-hydrogen) atoms. The summed E-state index contributed by atoms with van der Waals surface area (Å²) >= 11 is 0. The molecule has 2 aliphatic heterocycles. The lowest BCUT2D eigenvalue weighted by Crippen LogP contribution is -2.56. The molecule has 2 heterocycles. The van der Waals surface area contributed by atoms with Crippen molar-refractivity contribution in [3.05, 3.63) is 71.3 Å². The van der Waals surface area contributed by atoms with Crippen LogP contribution in [-0.2, 0) is 22.5 Å². The standard InChI is InChI=1S/C24H27NO5/c1-27-22-11-19(12-23(13-22)28-2)8-18-9-20-15-29-16-21(10-18)25(20)24(26)30-14-17-6-4-3-5-7-17/h3-7,9,11-13,20-21H,8,10,14-16H2,1-2H3. The Hall–Kier alpha value is -2.99. The van der Waals surface area contributed by atoms with Crippen molar-refractivity contribution < 1.29 is 23.7 Å². The second-order valence-corrected chi connectivity index (χ2v) is 7.63. The number of fused-ring (bicyclic) bond motifs is 2. The van der Waals surface area contributed by atoms with Crippen molar-refractivity contribution in [2.75, 3.05) is 27.4 Å². The van der Waals surface area contributed by atoms with E-state index in [1.54, 1.807) is 14.2 Å². The van der Waals surface area contributed by atoms with Gasteiger partial charge >= 0.3 is 6.09 Å². The fraction of sp³-hybridized carbons (Fsp3) is 0.375. The van der Waals surface area contributed by atoms with Gasteiger partial charge in [-0.15, -0.1) is 0 Å². The van der Waals surface area contributed by atoms with E-state index >= 15 is 0 Å². The Morgan fingerprint density at radius 3 is 2.43 bits per heavy atom. The molecule has 1 saturated heterocycles. The van der Waals surface area contributed by atoms with Crippen LogP contribution in [0.25, 0.3) is 0 Å². The van der Waals surface area contributed by atoms with E-state index in [4.69, 9.17) is 18.9 Å². The summed E-state index contributed by atoms with van der Waals surface area (Å²) in [5, 5.41) is 0. The van der Waals surface area contributed by atoms with Crippen LogP contribution in [0.2, 0.25) is 0 Å². The number of carbonyl (C=O) groups excluding carboxylic acids is 1. The van der Waals surface area contributed by atoms with Gasteiger partial charge in [0.2, 0.25) is 0 Å². The quantitative estimate of drug-likeness (QED) is 0.676. The number of methoxy groups -OCH3 is 2. The van der Waals surface area contributed by atoms with Gasteiger partial charge < -0.3 is 18.9 Å². The molecule has 2 unspecified atom stereocenters. The normalized spacial score (nSPS) is 20.3. The van der Waals surface area contributed by atoms with Gasteiger partial charge in [0.05, 0.1) is 39.5 Å². The fourth-order valence-corrected chi connectivity index (χ4v) is 4.12. The monoisotopic (exact) mass is 409 g/mol. The van der Waals surface area contributed by atoms with Gasteiger partial charge in [-0.2, -0.15) is 0 Å². The molecule has 6 nitrogen and oxygen atoms in total. The lowest BCUT2D eigenvalue weighted by atomic mass is 9.90. The van der Waals surface area contributed by atoms with Crippen molar-refractivity contribution >= 4 is 6.09 Å². The molecule has 1 fully saturated rings. The molecule has 4 rings (SSSR count). The number of carbonyl (C=O) groups is 1. The summed E-state index contributed by atoms with van der Waals surface area (Å²) in [6, 6.07) is 15.5. The van der Waals surface area contributed by atoms with Crippen molar-refractivity contribution in [3.8, 4) is 11.5 Å². The van der Waals surface area contributed by atoms with E-state index in [2.05, 4.69) is 6.08 Å². The maximum absolute atomic E-state index is 12.8. The fourth-order valence-electron chi connectivity index (χ4n) is 4.12. The number of morpholine rings is 1. The van der Waals surface area contributed by atoms with Crippen LogP contribution in [-0.4, -0.2) is 50.5 Å². The molecule has 0 N–H and O–H groups in total. The first kappa shape index (κ1) is 20.3. The smallest absolute Gasteiger partial charge is 0.411 e. The van der Waals surface area contributed by atoms with Crippen molar-refractivity contribution in [2.24, 2.45) is 0 Å². The van der Waals surface area contributed by atoms with Crippen LogP contribution in [0, 0.1) is 0 Å². The van der Waals surface area contributed by atoms with Gasteiger partial charge in [-0.1, -0.05) is 42.0 Å². The van der Waals surface area contributed by atoms with Gasteiger partial charge in [0, 0.05) is 6.07 Å². The third-order valence-corrected chi connectivity index (χ3v) is 5.53. The second kappa shape index (κ2) is 9.22. The first-order chi connectivity index (χ1) is 14.7. The molecule has 2 aromatic rings. The van der Waals surface area contributed by atoms with E-state index in [0.29, 0.717) is 13.2 Å². The number of hydrogen-bond donors (Lipinski definition) is 0. The van der Waals surface area contributed by atoms with E-state index in [0.717, 1.165) is 35.5 Å². The van der Waals surface area contributed by atoms with Crippen LogP contribution in [0.15, 0.2) is 60.2 Å². The zero-order valence-electron chi connectivity index (χ0n) is 17.4. The van der Waals surface area contributed by atoms with Gasteiger partial charge in [0.25, 0.3) is 0 Å². The Balaban J connectivity index is 1.46. The summed E-state index contributed by atoms with van der Waals surface area (Å²) in [6.45, 7) is 1.29. The molecule has 0 aromatic heterocycles. The molecule has 2 aromatic carbocycles. The third kappa shape index (κ3) is 4.60. The van der Waals surface area contributed by atoms with Gasteiger partial charge in [-0.25, -0.2) is 4.79 Å². The highest BCUT2D eigenvalue weighted by molar-refractivity contribution is 5.69. The number of nitrogens with zero attached hydrogens (tertiary/aromatic N) is 1. The van der Waals surface area contributed by atoms with Crippen LogP contribution in [0.4, 0.5) is 4.79 Å². The molecule has 2 aliphatic rings. The molecule has 2 bridgehead atoms. The Morgan fingerprint density at radius 1 is 1.03 bits per heavy atom. The summed E-state index contributed by atoms with van der Waals surface area (Å²) in [6.07, 6.45) is 3.41. The van der Waals surface area contributed by atoms with Crippen LogP contribution < -0.4 is 9.47 Å². The Morgan fingerprint density at radius 2 is 1.77 bits per heavy atom. The zero-order chi connectivity index (χ0) is 20.9. The Kier molecular flexibility index (Phi) is 6.23. The molecule has 0 radical (unpaired) electrons. The average Bonchev–Trinajstić information content (AvgIpc) is 2.77. The van der Waals surface area contributed by atoms with Crippen molar-refractivity contribution in [2.45, 2.75) is 31.5 Å². The largest absolute Gasteiger partial charge is 0.497 e. The summed E-state index contributed by atoms with van der Waals surface area (Å²) < 4.78 is 22.1. The minimum absolute atomic E-state index is 0.0143. The van der Waals surface area contributed by atoms with Crippen LogP contribution in [0.3, 0.4) is 0 Å². The van der Waals surface area contributed by atoms with Gasteiger partial charge in [-0.3, -0.25) is 4.90 Å². The molecule has 6 heteroatoms. The Bertz CT molecular complexity index is 889. The predicted molar refractivity (Wildman–Crippen MR) is 113 cm³/mol. The summed E-state index contributed by atoms with van der Waals surface area (Å²) in [5.41, 5.74) is 3.39. The van der Waals surface area contributed by atoms with Crippen molar-refractivity contribution in [3.63, 3.8) is 0 Å². The summed E-state index contributed by atoms with van der Waals surface area (Å²) in [7, 11) is 3.30. The number of benzene rings is 2. The summed E-state index contributed by atoms with van der Waals surface area (Å²) in [5.74, 6) is 1.55. The lowest BCUT2D eigenvalue weighted by Gasteiger charge is -2.43. The number of ether oxygens (including phenoxy) is 4. The van der Waals surface area contributed by atoms with Gasteiger partial charge in [-0.05, 0) is 36.1 Å². The van der Waals surface area contributed by atoms with Gasteiger partial charge in [0.1, 0.15) is 18.1 Å². The first-order valence-corrected chi connectivity index (χ1v) is 10.1. The highest BCUT2D eigenvalue weighted by Gasteiger charge is 2.38. The number of rotatable bonds is 6. The molecule has 158 valence electrons. The molecule has 1 amide bonds. The van der Waals surface area contributed by atoms with E-state index in [-0.39, 0.29) is 24.8 Å². The minimum Gasteiger partial charge on any atom is -0.497 e. The molecule has 0 aliphatic carbocycles. The average molecular weight is 409 g/mol. The van der Waals surface area contributed by atoms with Crippen LogP contribution in [0.5, 0.6) is 11.5 Å². The SMILES string of the molecule is COc1cc(CC2=CC3COCC(C2)N3C(=O)OCc2ccccc2)cc(OC)c1. The van der Waals surface area contributed by atoms with Crippen molar-refractivity contribution in [1.29, 1.82) is 0 Å². The Labute approximate surface area is 177 Å². The predicted octanol–water partition coefficient (Wildman–Crippen LogP) is 3.98. The highest BCUT2D eigenvalue weighted by atomic mass is 16.6. The molecule has 0 spiro atoms. The number of amides is 1. The highest BCUT2D eigenvalue weighted by Crippen LogP contribution is 2.31. The van der Waals surface area contributed by atoms with E-state index in [1.807, 2.05) is 53.4 Å². The molecular formula is C24H27NO5. The van der Waals surface area contributed by atoms with E-state index in [9.17, 15) is 4.79 Å². The van der Waals surface area contributed by atoms with Gasteiger partial charge in [0.15, 0.2) is 0 Å². The molecule has 2 atom stereocenters. The zero-order valence-corrected chi connectivity index (χ0v) is 17.4. The van der Waals surface area contributed by atoms with Crippen molar-refractivity contribution in [1.82, 2.24) is 4.90 Å². The van der Waals surface area contributed by atoms with Crippen LogP contribution in [0.1, 0.15) is 17.5 Å². The second-order valence-electron chi connectivity index (χ2n) is 7.63. The lowest BCUT2D eigenvalue weighted by molar-refractivity contribution is -0.0374. The first-order valence-electron chi connectivity index (χ1n) is 10.1. The van der Waals surface area contributed by atoms with E-state index < -0.39 is 0 Å². The molecular weight excluding hydrogens is 382 g/mol.